The van der Waals surface area contributed by atoms with Gasteiger partial charge < -0.3 is 15.8 Å². The van der Waals surface area contributed by atoms with Crippen LogP contribution in [-0.4, -0.2) is 19.1 Å². The van der Waals surface area contributed by atoms with E-state index in [0.717, 1.165) is 35.0 Å². The summed E-state index contributed by atoms with van der Waals surface area (Å²) in [7, 11) is 1.62. The highest BCUT2D eigenvalue weighted by atomic mass is 79.9. The molecule has 0 aliphatic heterocycles. The Morgan fingerprint density at radius 1 is 1.50 bits per heavy atom. The molecular weight excluding hydrogens is 320 g/mol. The van der Waals surface area contributed by atoms with Gasteiger partial charge in [0.2, 0.25) is 5.91 Å². The van der Waals surface area contributed by atoms with E-state index in [-0.39, 0.29) is 11.9 Å². The normalized spacial score (nSPS) is 13.7. The summed E-state index contributed by atoms with van der Waals surface area (Å²) in [5, 5.41) is 2.94. The van der Waals surface area contributed by atoms with Gasteiger partial charge in [0.1, 0.15) is 5.75 Å². The quantitative estimate of drug-likeness (QED) is 0.799. The minimum Gasteiger partial charge on any atom is -0.496 e. The lowest BCUT2D eigenvalue weighted by Crippen LogP contribution is -2.41. The van der Waals surface area contributed by atoms with Crippen LogP contribution in [0.4, 0.5) is 0 Å². The van der Waals surface area contributed by atoms with Gasteiger partial charge in [-0.05, 0) is 47.0 Å². The molecule has 0 fully saturated rings. The van der Waals surface area contributed by atoms with Gasteiger partial charge >= 0.3 is 0 Å². The number of halogens is 1. The van der Waals surface area contributed by atoms with Gasteiger partial charge in [0.25, 0.3) is 0 Å². The van der Waals surface area contributed by atoms with Crippen molar-refractivity contribution in [1.29, 1.82) is 0 Å². The number of hydrogen-bond donors (Lipinski definition) is 2. The minimum atomic E-state index is -0.431. The summed E-state index contributed by atoms with van der Waals surface area (Å²) in [5.74, 6) is 0.671. The Hall–Kier alpha value is -1.07. The van der Waals surface area contributed by atoms with E-state index >= 15 is 0 Å². The number of rotatable bonds is 7. The number of ether oxygens (including phenoxy) is 1. The van der Waals surface area contributed by atoms with Crippen molar-refractivity contribution in [2.75, 3.05) is 7.11 Å². The SMILES string of the molecule is CCCCC(N)C(=O)NC(C)c1ccc(OC)c(Br)c1. The van der Waals surface area contributed by atoms with Crippen LogP contribution in [0, 0.1) is 0 Å². The Labute approximate surface area is 129 Å². The summed E-state index contributed by atoms with van der Waals surface area (Å²) in [5.41, 5.74) is 6.87. The maximum atomic E-state index is 12.0. The van der Waals surface area contributed by atoms with E-state index < -0.39 is 6.04 Å². The minimum absolute atomic E-state index is 0.0858. The molecule has 0 aromatic heterocycles. The van der Waals surface area contributed by atoms with E-state index in [1.165, 1.54) is 0 Å². The fourth-order valence-corrected chi connectivity index (χ4v) is 2.47. The van der Waals surface area contributed by atoms with E-state index in [0.29, 0.717) is 0 Å². The Morgan fingerprint density at radius 2 is 2.20 bits per heavy atom. The zero-order valence-corrected chi connectivity index (χ0v) is 13.9. The van der Waals surface area contributed by atoms with E-state index in [4.69, 9.17) is 10.5 Å². The fraction of sp³-hybridized carbons (Fsp3) is 0.533. The predicted molar refractivity (Wildman–Crippen MR) is 84.8 cm³/mol. The van der Waals surface area contributed by atoms with Gasteiger partial charge in [-0.3, -0.25) is 4.79 Å². The standard InChI is InChI=1S/C15H23BrN2O2/c1-4-5-6-13(17)15(19)18-10(2)11-7-8-14(20-3)12(16)9-11/h7-10,13H,4-6,17H2,1-3H3,(H,18,19). The second-order valence-corrected chi connectivity index (χ2v) is 5.73. The highest BCUT2D eigenvalue weighted by molar-refractivity contribution is 9.10. The number of benzene rings is 1. The van der Waals surface area contributed by atoms with Crippen molar-refractivity contribution in [3.63, 3.8) is 0 Å². The molecule has 2 unspecified atom stereocenters. The molecule has 1 aromatic carbocycles. The molecular formula is C15H23BrN2O2. The number of methoxy groups -OCH3 is 1. The molecule has 0 spiro atoms. The van der Waals surface area contributed by atoms with E-state index in [2.05, 4.69) is 28.2 Å². The predicted octanol–water partition coefficient (Wildman–Crippen LogP) is 3.15. The van der Waals surface area contributed by atoms with Gasteiger partial charge in [-0.25, -0.2) is 0 Å². The monoisotopic (exact) mass is 342 g/mol. The van der Waals surface area contributed by atoms with Crippen LogP contribution in [0.15, 0.2) is 22.7 Å². The van der Waals surface area contributed by atoms with Gasteiger partial charge in [-0.1, -0.05) is 25.8 Å². The molecule has 0 heterocycles. The van der Waals surface area contributed by atoms with Gasteiger partial charge in [0, 0.05) is 0 Å². The smallest absolute Gasteiger partial charge is 0.237 e. The largest absolute Gasteiger partial charge is 0.496 e. The first-order valence-corrected chi connectivity index (χ1v) is 7.68. The molecule has 1 amide bonds. The molecule has 20 heavy (non-hydrogen) atoms. The van der Waals surface area contributed by atoms with Crippen LogP contribution in [0.1, 0.15) is 44.7 Å². The van der Waals surface area contributed by atoms with E-state index in [1.54, 1.807) is 7.11 Å². The zero-order valence-electron chi connectivity index (χ0n) is 12.3. The van der Waals surface area contributed by atoms with Crippen molar-refractivity contribution in [3.05, 3.63) is 28.2 Å². The molecule has 0 aliphatic rings. The zero-order chi connectivity index (χ0) is 15.1. The van der Waals surface area contributed by atoms with Crippen molar-refractivity contribution in [2.24, 2.45) is 5.73 Å². The van der Waals surface area contributed by atoms with Gasteiger partial charge in [-0.2, -0.15) is 0 Å². The van der Waals surface area contributed by atoms with Crippen LogP contribution in [0.25, 0.3) is 0 Å². The second kappa shape index (κ2) is 8.27. The van der Waals surface area contributed by atoms with Crippen LogP contribution >= 0.6 is 15.9 Å². The summed E-state index contributed by atoms with van der Waals surface area (Å²) < 4.78 is 6.06. The lowest BCUT2D eigenvalue weighted by Gasteiger charge is -2.18. The van der Waals surface area contributed by atoms with E-state index in [1.807, 2.05) is 25.1 Å². The molecule has 2 atom stereocenters. The number of amides is 1. The van der Waals surface area contributed by atoms with Crippen molar-refractivity contribution >= 4 is 21.8 Å². The van der Waals surface area contributed by atoms with Crippen molar-refractivity contribution in [2.45, 2.75) is 45.2 Å². The summed E-state index contributed by atoms with van der Waals surface area (Å²) in [4.78, 5) is 12.0. The average molecular weight is 343 g/mol. The first-order chi connectivity index (χ1) is 9.49. The number of carbonyl (C=O) groups is 1. The van der Waals surface area contributed by atoms with Crippen molar-refractivity contribution in [3.8, 4) is 5.75 Å². The fourth-order valence-electron chi connectivity index (χ4n) is 1.91. The molecule has 112 valence electrons. The first-order valence-electron chi connectivity index (χ1n) is 6.89. The molecule has 0 saturated heterocycles. The number of hydrogen-bond acceptors (Lipinski definition) is 3. The van der Waals surface area contributed by atoms with Crippen LogP contribution in [-0.2, 0) is 4.79 Å². The molecule has 0 radical (unpaired) electrons. The molecule has 1 rings (SSSR count). The Balaban J connectivity index is 2.64. The first kappa shape index (κ1) is 17.0. The number of nitrogens with two attached hydrogens (primary N) is 1. The topological polar surface area (TPSA) is 64.4 Å². The molecule has 5 heteroatoms. The second-order valence-electron chi connectivity index (χ2n) is 4.87. The maximum absolute atomic E-state index is 12.0. The Morgan fingerprint density at radius 3 is 2.75 bits per heavy atom. The van der Waals surface area contributed by atoms with Crippen LogP contribution in [0.5, 0.6) is 5.75 Å². The summed E-state index contributed by atoms with van der Waals surface area (Å²) in [6, 6.07) is 5.24. The number of nitrogens with one attached hydrogen (secondary N) is 1. The molecule has 3 N–H and O–H groups in total. The lowest BCUT2D eigenvalue weighted by atomic mass is 10.1. The molecule has 0 bridgehead atoms. The Kier molecular flexibility index (Phi) is 7.02. The number of unbranched alkanes of at least 4 members (excludes halogenated alkanes) is 1. The van der Waals surface area contributed by atoms with Crippen LogP contribution < -0.4 is 15.8 Å². The van der Waals surface area contributed by atoms with Gasteiger partial charge in [0.05, 0.1) is 23.7 Å². The van der Waals surface area contributed by atoms with Crippen LogP contribution in [0.3, 0.4) is 0 Å². The van der Waals surface area contributed by atoms with Crippen LogP contribution in [0.2, 0.25) is 0 Å². The highest BCUT2D eigenvalue weighted by Crippen LogP contribution is 2.27. The molecule has 1 aromatic rings. The van der Waals surface area contributed by atoms with Gasteiger partial charge in [0.15, 0.2) is 0 Å². The van der Waals surface area contributed by atoms with Crippen molar-refractivity contribution in [1.82, 2.24) is 5.32 Å². The van der Waals surface area contributed by atoms with E-state index in [9.17, 15) is 4.79 Å². The van der Waals surface area contributed by atoms with Crippen molar-refractivity contribution < 1.29 is 9.53 Å². The lowest BCUT2D eigenvalue weighted by molar-refractivity contribution is -0.123. The summed E-state index contributed by atoms with van der Waals surface area (Å²) in [6.45, 7) is 4.03. The number of carbonyl (C=O) groups excluding carboxylic acids is 1. The third-order valence-corrected chi connectivity index (χ3v) is 3.86. The molecule has 0 aliphatic carbocycles. The summed E-state index contributed by atoms with van der Waals surface area (Å²) in [6.07, 6.45) is 2.74. The Bertz CT molecular complexity index is 451. The third-order valence-electron chi connectivity index (χ3n) is 3.24. The summed E-state index contributed by atoms with van der Waals surface area (Å²) >= 11 is 3.44. The average Bonchev–Trinajstić information content (AvgIpc) is 2.44. The molecule has 0 saturated carbocycles. The molecule has 4 nitrogen and oxygen atoms in total. The highest BCUT2D eigenvalue weighted by Gasteiger charge is 2.16. The van der Waals surface area contributed by atoms with Gasteiger partial charge in [-0.15, -0.1) is 0 Å². The maximum Gasteiger partial charge on any atom is 0.237 e. The third kappa shape index (κ3) is 4.80.